The number of benzene rings is 8. The first kappa shape index (κ1) is 28.3. The lowest BCUT2D eigenvalue weighted by atomic mass is 9.95. The smallest absolute Gasteiger partial charge is 0.135 e. The summed E-state index contributed by atoms with van der Waals surface area (Å²) in [7, 11) is 0. The molecule has 0 fully saturated rings. The number of furan rings is 1. The summed E-state index contributed by atoms with van der Waals surface area (Å²) in [6, 6.07) is 55.3. The van der Waals surface area contributed by atoms with Crippen molar-refractivity contribution >= 4 is 98.8 Å². The van der Waals surface area contributed by atoms with E-state index in [9.17, 15) is 0 Å². The van der Waals surface area contributed by atoms with Crippen molar-refractivity contribution in [1.82, 2.24) is 4.57 Å². The SMILES string of the molecule is C1=CCCC(n2c3ccccc3c3c(N(c4ccc5oc6ccccc6c5c4)c4cc5c6ccccc6ccc5c5ccccc45)cccc32)=C1. The largest absolute Gasteiger partial charge is 0.456 e. The number of allylic oxidation sites excluding steroid dienone is 4. The van der Waals surface area contributed by atoms with Crippen LogP contribution in [0.15, 0.2) is 174 Å². The molecule has 0 atom stereocenters. The summed E-state index contributed by atoms with van der Waals surface area (Å²) in [6.45, 7) is 0. The first-order valence-electron chi connectivity index (χ1n) is 17.7. The first-order valence-corrected chi connectivity index (χ1v) is 17.7. The minimum atomic E-state index is 0.890. The Balaban J connectivity index is 1.30. The third-order valence-corrected chi connectivity index (χ3v) is 10.8. The molecule has 0 saturated heterocycles. The van der Waals surface area contributed by atoms with Crippen molar-refractivity contribution in [3.63, 3.8) is 0 Å². The molecule has 1 aliphatic rings. The lowest BCUT2D eigenvalue weighted by molar-refractivity contribution is 0.669. The highest BCUT2D eigenvalue weighted by molar-refractivity contribution is 6.23. The monoisotopic (exact) mass is 652 g/mol. The lowest BCUT2D eigenvalue weighted by Crippen LogP contribution is -2.11. The van der Waals surface area contributed by atoms with Gasteiger partial charge in [-0.1, -0.05) is 115 Å². The van der Waals surface area contributed by atoms with E-state index < -0.39 is 0 Å². The second kappa shape index (κ2) is 11.0. The Morgan fingerprint density at radius 1 is 0.490 bits per heavy atom. The van der Waals surface area contributed by atoms with Crippen LogP contribution in [0.5, 0.6) is 0 Å². The summed E-state index contributed by atoms with van der Waals surface area (Å²) in [6.07, 6.45) is 8.78. The number of hydrogen-bond acceptors (Lipinski definition) is 2. The molecule has 51 heavy (non-hydrogen) atoms. The highest BCUT2D eigenvalue weighted by atomic mass is 16.3. The fraction of sp³-hybridized carbons (Fsp3) is 0.0417. The van der Waals surface area contributed by atoms with E-state index in [-0.39, 0.29) is 0 Å². The number of aromatic nitrogens is 1. The van der Waals surface area contributed by atoms with Gasteiger partial charge in [-0.05, 0) is 94.4 Å². The molecule has 0 radical (unpaired) electrons. The van der Waals surface area contributed by atoms with Crippen LogP contribution < -0.4 is 4.90 Å². The second-order valence-electron chi connectivity index (χ2n) is 13.6. The maximum Gasteiger partial charge on any atom is 0.135 e. The quantitative estimate of drug-likeness (QED) is 0.176. The van der Waals surface area contributed by atoms with Crippen molar-refractivity contribution in [2.24, 2.45) is 0 Å². The van der Waals surface area contributed by atoms with Crippen LogP contribution in [0.3, 0.4) is 0 Å². The maximum absolute atomic E-state index is 6.34. The van der Waals surface area contributed by atoms with Gasteiger partial charge in [0.05, 0.1) is 22.4 Å². The molecule has 11 rings (SSSR count). The molecule has 2 aromatic heterocycles. The standard InChI is InChI=1S/C48H32N2O/c1-2-14-32(15-3-1)49-42-21-10-8-20-39(42)48-43(49)22-12-23-44(48)50(33-26-28-47-41(29-33)38-19-9-11-24-46(38)51-47)45-30-40-34-16-5-4-13-31(34)25-27-36(40)35-17-6-7-18-37(35)45/h1-2,4-14,16-30H,3,15H2. The molecule has 3 heteroatoms. The van der Waals surface area contributed by atoms with Crippen LogP contribution in [0.25, 0.3) is 81.8 Å². The zero-order valence-electron chi connectivity index (χ0n) is 27.9. The zero-order valence-corrected chi connectivity index (χ0v) is 27.9. The summed E-state index contributed by atoms with van der Waals surface area (Å²) in [4.78, 5) is 2.50. The Morgan fingerprint density at radius 2 is 1.22 bits per heavy atom. The highest BCUT2D eigenvalue weighted by Crippen LogP contribution is 2.48. The summed E-state index contributed by atoms with van der Waals surface area (Å²) in [5, 5.41) is 12.2. The number of anilines is 3. The van der Waals surface area contributed by atoms with Crippen LogP contribution in [0.4, 0.5) is 17.1 Å². The van der Waals surface area contributed by atoms with Gasteiger partial charge in [-0.3, -0.25) is 0 Å². The van der Waals surface area contributed by atoms with Crippen molar-refractivity contribution in [3.05, 3.63) is 170 Å². The molecule has 1 aliphatic carbocycles. The van der Waals surface area contributed by atoms with E-state index >= 15 is 0 Å². The number of nitrogens with zero attached hydrogens (tertiary/aromatic N) is 2. The van der Waals surface area contributed by atoms with Crippen molar-refractivity contribution in [1.29, 1.82) is 0 Å². The zero-order chi connectivity index (χ0) is 33.5. The minimum absolute atomic E-state index is 0.890. The van der Waals surface area contributed by atoms with Gasteiger partial charge in [0.2, 0.25) is 0 Å². The molecule has 0 unspecified atom stereocenters. The summed E-state index contributed by atoms with van der Waals surface area (Å²) in [5.41, 5.74) is 8.93. The highest BCUT2D eigenvalue weighted by Gasteiger charge is 2.24. The van der Waals surface area contributed by atoms with Crippen LogP contribution in [0, 0.1) is 0 Å². The van der Waals surface area contributed by atoms with Gasteiger partial charge in [-0.15, -0.1) is 0 Å². The van der Waals surface area contributed by atoms with Crippen LogP contribution in [-0.4, -0.2) is 4.57 Å². The third-order valence-electron chi connectivity index (χ3n) is 10.8. The Morgan fingerprint density at radius 3 is 2.10 bits per heavy atom. The van der Waals surface area contributed by atoms with E-state index in [4.69, 9.17) is 4.42 Å². The average Bonchev–Trinajstić information content (AvgIpc) is 3.74. The van der Waals surface area contributed by atoms with E-state index in [1.165, 1.54) is 59.8 Å². The van der Waals surface area contributed by atoms with Gasteiger partial charge < -0.3 is 13.9 Å². The number of hydrogen-bond donors (Lipinski definition) is 0. The van der Waals surface area contributed by atoms with Gasteiger partial charge in [-0.2, -0.15) is 0 Å². The number of fused-ring (bicyclic) bond motifs is 11. The van der Waals surface area contributed by atoms with Gasteiger partial charge in [0.1, 0.15) is 11.2 Å². The van der Waals surface area contributed by atoms with Crippen molar-refractivity contribution in [3.8, 4) is 0 Å². The van der Waals surface area contributed by atoms with E-state index in [2.05, 4.69) is 173 Å². The third kappa shape index (κ3) is 4.18. The molecule has 240 valence electrons. The van der Waals surface area contributed by atoms with Crippen molar-refractivity contribution < 1.29 is 4.42 Å². The van der Waals surface area contributed by atoms with E-state index in [1.54, 1.807) is 0 Å². The van der Waals surface area contributed by atoms with Gasteiger partial charge in [0.25, 0.3) is 0 Å². The molecule has 8 aromatic carbocycles. The van der Waals surface area contributed by atoms with Crippen LogP contribution in [0.2, 0.25) is 0 Å². The summed E-state index contributed by atoms with van der Waals surface area (Å²) in [5.74, 6) is 0. The predicted octanol–water partition coefficient (Wildman–Crippen LogP) is 13.8. The van der Waals surface area contributed by atoms with Gasteiger partial charge >= 0.3 is 0 Å². The van der Waals surface area contributed by atoms with Crippen molar-refractivity contribution in [2.45, 2.75) is 12.8 Å². The summed E-state index contributed by atoms with van der Waals surface area (Å²) >= 11 is 0. The minimum Gasteiger partial charge on any atom is -0.456 e. The lowest BCUT2D eigenvalue weighted by Gasteiger charge is -2.29. The van der Waals surface area contributed by atoms with E-state index in [0.29, 0.717) is 0 Å². The maximum atomic E-state index is 6.34. The fourth-order valence-electron chi connectivity index (χ4n) is 8.56. The van der Waals surface area contributed by atoms with Gasteiger partial charge in [-0.25, -0.2) is 0 Å². The molecular formula is C48H32N2O. The molecule has 0 amide bonds. The first-order chi connectivity index (χ1) is 25.3. The molecule has 10 aromatic rings. The molecular weight excluding hydrogens is 621 g/mol. The second-order valence-corrected chi connectivity index (χ2v) is 13.6. The predicted molar refractivity (Wildman–Crippen MR) is 217 cm³/mol. The Labute approximate surface area is 294 Å². The molecule has 0 N–H and O–H groups in total. The normalized spacial score (nSPS) is 13.4. The molecule has 0 spiro atoms. The molecule has 0 saturated carbocycles. The number of para-hydroxylation sites is 2. The molecule has 2 heterocycles. The van der Waals surface area contributed by atoms with Crippen LogP contribution >= 0.6 is 0 Å². The van der Waals surface area contributed by atoms with Crippen molar-refractivity contribution in [2.75, 3.05) is 4.90 Å². The van der Waals surface area contributed by atoms with E-state index in [1.807, 2.05) is 6.07 Å². The van der Waals surface area contributed by atoms with E-state index in [0.717, 1.165) is 51.8 Å². The molecule has 3 nitrogen and oxygen atoms in total. The Kier molecular flexibility index (Phi) is 6.08. The number of rotatable bonds is 4. The topological polar surface area (TPSA) is 21.3 Å². The van der Waals surface area contributed by atoms with Gasteiger partial charge in [0.15, 0.2) is 0 Å². The van der Waals surface area contributed by atoms with Crippen LogP contribution in [-0.2, 0) is 0 Å². The van der Waals surface area contributed by atoms with Gasteiger partial charge in [0, 0.05) is 38.3 Å². The Hall–Kier alpha value is -6.58. The Bertz CT molecular complexity index is 3100. The molecule has 0 bridgehead atoms. The molecule has 0 aliphatic heterocycles. The van der Waals surface area contributed by atoms with Crippen LogP contribution in [0.1, 0.15) is 12.8 Å². The fourth-order valence-corrected chi connectivity index (χ4v) is 8.56. The average molecular weight is 653 g/mol. The summed E-state index contributed by atoms with van der Waals surface area (Å²) < 4.78 is 8.82.